The van der Waals surface area contributed by atoms with Gasteiger partial charge in [0.1, 0.15) is 0 Å². The van der Waals surface area contributed by atoms with Gasteiger partial charge in [-0.25, -0.2) is 8.42 Å². The SMILES string of the molecule is Cc1cccc(C2(CNC(=O)C3CCS(=O)(=O)C3)CCCC2)c1. The van der Waals surface area contributed by atoms with Crippen LogP contribution in [0, 0.1) is 12.8 Å². The highest BCUT2D eigenvalue weighted by atomic mass is 32.2. The largest absolute Gasteiger partial charge is 0.355 e. The molecule has 2 fully saturated rings. The number of aryl methyl sites for hydroxylation is 1. The average molecular weight is 335 g/mol. The van der Waals surface area contributed by atoms with Crippen LogP contribution >= 0.6 is 0 Å². The number of carbonyl (C=O) groups excluding carboxylic acids is 1. The Labute approximate surface area is 138 Å². The van der Waals surface area contributed by atoms with Gasteiger partial charge in [-0.2, -0.15) is 0 Å². The van der Waals surface area contributed by atoms with Crippen molar-refractivity contribution >= 4 is 15.7 Å². The molecule has 1 aromatic carbocycles. The first kappa shape index (κ1) is 16.5. The molecule has 1 amide bonds. The Morgan fingerprint density at radius 2 is 2.04 bits per heavy atom. The molecule has 1 saturated carbocycles. The second kappa shape index (κ2) is 6.27. The summed E-state index contributed by atoms with van der Waals surface area (Å²) >= 11 is 0. The first-order chi connectivity index (χ1) is 10.9. The molecule has 0 radical (unpaired) electrons. The molecule has 23 heavy (non-hydrogen) atoms. The van der Waals surface area contributed by atoms with E-state index in [0.29, 0.717) is 13.0 Å². The number of rotatable bonds is 4. The molecule has 126 valence electrons. The highest BCUT2D eigenvalue weighted by Crippen LogP contribution is 2.41. The minimum absolute atomic E-state index is 0.0102. The Morgan fingerprint density at radius 3 is 2.65 bits per heavy atom. The number of sulfone groups is 1. The Kier molecular flexibility index (Phi) is 4.50. The summed E-state index contributed by atoms with van der Waals surface area (Å²) in [5.74, 6) is -0.300. The second-order valence-corrected chi connectivity index (χ2v) is 9.40. The minimum atomic E-state index is -3.01. The number of nitrogens with one attached hydrogen (secondary N) is 1. The van der Waals surface area contributed by atoms with Gasteiger partial charge < -0.3 is 5.32 Å². The van der Waals surface area contributed by atoms with E-state index in [1.54, 1.807) is 0 Å². The summed E-state index contributed by atoms with van der Waals surface area (Å²) in [6, 6.07) is 8.55. The van der Waals surface area contributed by atoms with Crippen molar-refractivity contribution in [2.24, 2.45) is 5.92 Å². The van der Waals surface area contributed by atoms with Gasteiger partial charge in [0, 0.05) is 12.0 Å². The lowest BCUT2D eigenvalue weighted by Gasteiger charge is -2.31. The number of hydrogen-bond donors (Lipinski definition) is 1. The van der Waals surface area contributed by atoms with E-state index in [1.807, 2.05) is 0 Å². The zero-order valence-corrected chi connectivity index (χ0v) is 14.5. The molecule has 1 unspecified atom stereocenters. The summed E-state index contributed by atoms with van der Waals surface area (Å²) in [6.45, 7) is 2.71. The van der Waals surface area contributed by atoms with Crippen molar-refractivity contribution in [3.8, 4) is 0 Å². The molecule has 4 nitrogen and oxygen atoms in total. The number of carbonyl (C=O) groups is 1. The van der Waals surface area contributed by atoms with Crippen molar-refractivity contribution in [3.05, 3.63) is 35.4 Å². The van der Waals surface area contributed by atoms with Crippen molar-refractivity contribution in [1.82, 2.24) is 5.32 Å². The molecule has 1 atom stereocenters. The molecule has 1 aliphatic carbocycles. The Morgan fingerprint density at radius 1 is 1.30 bits per heavy atom. The zero-order chi connectivity index (χ0) is 16.5. The normalized spacial score (nSPS) is 25.3. The van der Waals surface area contributed by atoms with E-state index in [0.717, 1.165) is 12.8 Å². The molecule has 5 heteroatoms. The molecule has 0 aromatic heterocycles. The monoisotopic (exact) mass is 335 g/mol. The van der Waals surface area contributed by atoms with E-state index in [1.165, 1.54) is 24.0 Å². The predicted molar refractivity (Wildman–Crippen MR) is 91.1 cm³/mol. The highest BCUT2D eigenvalue weighted by molar-refractivity contribution is 7.91. The fourth-order valence-electron chi connectivity index (χ4n) is 4.00. The van der Waals surface area contributed by atoms with Crippen LogP contribution in [0.4, 0.5) is 0 Å². The van der Waals surface area contributed by atoms with Gasteiger partial charge in [0.05, 0.1) is 17.4 Å². The lowest BCUT2D eigenvalue weighted by molar-refractivity contribution is -0.124. The quantitative estimate of drug-likeness (QED) is 0.919. The minimum Gasteiger partial charge on any atom is -0.355 e. The van der Waals surface area contributed by atoms with Crippen LogP contribution in [0.1, 0.15) is 43.2 Å². The van der Waals surface area contributed by atoms with Crippen molar-refractivity contribution in [1.29, 1.82) is 0 Å². The predicted octanol–water partition coefficient (Wildman–Crippen LogP) is 2.36. The molecular weight excluding hydrogens is 310 g/mol. The van der Waals surface area contributed by atoms with Crippen LogP contribution in [0.15, 0.2) is 24.3 Å². The van der Waals surface area contributed by atoms with Gasteiger partial charge in [-0.15, -0.1) is 0 Å². The van der Waals surface area contributed by atoms with Gasteiger partial charge in [-0.1, -0.05) is 42.7 Å². The van der Waals surface area contributed by atoms with Crippen LogP contribution in [0.25, 0.3) is 0 Å². The molecular formula is C18H25NO3S. The summed E-state index contributed by atoms with van der Waals surface area (Å²) in [5.41, 5.74) is 2.55. The van der Waals surface area contributed by atoms with Gasteiger partial charge in [0.25, 0.3) is 0 Å². The van der Waals surface area contributed by atoms with E-state index < -0.39 is 9.84 Å². The third kappa shape index (κ3) is 3.60. The summed E-state index contributed by atoms with van der Waals surface area (Å²) in [6.07, 6.45) is 4.99. The van der Waals surface area contributed by atoms with Gasteiger partial charge in [0.2, 0.25) is 5.91 Å². The summed E-state index contributed by atoms with van der Waals surface area (Å²) in [4.78, 5) is 12.4. The van der Waals surface area contributed by atoms with Crippen LogP contribution in [-0.4, -0.2) is 32.4 Å². The molecule has 1 heterocycles. The van der Waals surface area contributed by atoms with Gasteiger partial charge in [0.15, 0.2) is 9.84 Å². The van der Waals surface area contributed by atoms with E-state index in [9.17, 15) is 13.2 Å². The smallest absolute Gasteiger partial charge is 0.224 e. The molecule has 0 spiro atoms. The second-order valence-electron chi connectivity index (χ2n) is 7.17. The highest BCUT2D eigenvalue weighted by Gasteiger charge is 2.38. The number of benzene rings is 1. The van der Waals surface area contributed by atoms with Crippen LogP contribution in [0.3, 0.4) is 0 Å². The summed E-state index contributed by atoms with van der Waals surface area (Å²) < 4.78 is 23.1. The third-order valence-corrected chi connectivity index (χ3v) is 7.16. The van der Waals surface area contributed by atoms with E-state index >= 15 is 0 Å². The Bertz CT molecular complexity index is 690. The molecule has 3 rings (SSSR count). The van der Waals surface area contributed by atoms with Crippen LogP contribution in [-0.2, 0) is 20.0 Å². The molecule has 1 N–H and O–H groups in total. The van der Waals surface area contributed by atoms with Gasteiger partial charge in [-0.3, -0.25) is 4.79 Å². The molecule has 1 saturated heterocycles. The van der Waals surface area contributed by atoms with Crippen molar-refractivity contribution in [3.63, 3.8) is 0 Å². The maximum absolute atomic E-state index is 12.4. The van der Waals surface area contributed by atoms with Crippen LogP contribution in [0.2, 0.25) is 0 Å². The molecule has 0 bridgehead atoms. The number of hydrogen-bond acceptors (Lipinski definition) is 3. The maximum atomic E-state index is 12.4. The van der Waals surface area contributed by atoms with Gasteiger partial charge >= 0.3 is 0 Å². The lowest BCUT2D eigenvalue weighted by atomic mass is 9.78. The summed E-state index contributed by atoms with van der Waals surface area (Å²) in [7, 11) is -3.01. The fourth-order valence-corrected chi connectivity index (χ4v) is 5.74. The average Bonchev–Trinajstić information content (AvgIpc) is 3.12. The lowest BCUT2D eigenvalue weighted by Crippen LogP contribution is -2.41. The van der Waals surface area contributed by atoms with E-state index in [2.05, 4.69) is 36.5 Å². The summed E-state index contributed by atoms with van der Waals surface area (Å²) in [5, 5.41) is 3.06. The van der Waals surface area contributed by atoms with Crippen molar-refractivity contribution in [2.75, 3.05) is 18.1 Å². The molecule has 2 aliphatic rings. The van der Waals surface area contributed by atoms with Crippen LogP contribution < -0.4 is 5.32 Å². The first-order valence-electron chi connectivity index (χ1n) is 8.46. The zero-order valence-electron chi connectivity index (χ0n) is 13.7. The van der Waals surface area contributed by atoms with Crippen molar-refractivity contribution < 1.29 is 13.2 Å². The van der Waals surface area contributed by atoms with E-state index in [4.69, 9.17) is 0 Å². The number of amides is 1. The van der Waals surface area contributed by atoms with Gasteiger partial charge in [-0.05, 0) is 31.7 Å². The maximum Gasteiger partial charge on any atom is 0.224 e. The standard InChI is InChI=1S/C18H25NO3S/c1-14-5-4-6-16(11-14)18(8-2-3-9-18)13-19-17(20)15-7-10-23(21,22)12-15/h4-6,11,15H,2-3,7-10,12-13H2,1H3,(H,19,20). The first-order valence-corrected chi connectivity index (χ1v) is 10.3. The van der Waals surface area contributed by atoms with Crippen LogP contribution in [0.5, 0.6) is 0 Å². The Hall–Kier alpha value is -1.36. The fraction of sp³-hybridized carbons (Fsp3) is 0.611. The molecule has 1 aromatic rings. The molecule has 1 aliphatic heterocycles. The van der Waals surface area contributed by atoms with E-state index in [-0.39, 0.29) is 28.7 Å². The Balaban J connectivity index is 1.70. The topological polar surface area (TPSA) is 63.2 Å². The third-order valence-electron chi connectivity index (χ3n) is 5.40. The van der Waals surface area contributed by atoms with Crippen molar-refractivity contribution in [2.45, 2.75) is 44.4 Å².